The zero-order valence-corrected chi connectivity index (χ0v) is 8.14. The molecule has 88 valence electrons. The molecule has 3 nitrogen and oxygen atoms in total. The Morgan fingerprint density at radius 3 is 2.47 bits per heavy atom. The smallest absolute Gasteiger partial charge is 0.338 e. The molecule has 1 saturated heterocycles. The number of rotatable bonds is 2. The molecule has 2 atom stereocenters. The second-order valence-corrected chi connectivity index (χ2v) is 3.62. The van der Waals surface area contributed by atoms with Gasteiger partial charge in [-0.15, -0.1) is 0 Å². The van der Waals surface area contributed by atoms with E-state index >= 15 is 0 Å². The van der Waals surface area contributed by atoms with Gasteiger partial charge < -0.3 is 10.2 Å². The minimum absolute atomic E-state index is 0.138. The Bertz CT molecular complexity index is 243. The fraction of sp³-hybridized carbons (Fsp3) is 0.875. The first kappa shape index (κ1) is 12.2. The van der Waals surface area contributed by atoms with E-state index < -0.39 is 24.2 Å². The number of carbonyl (C=O) groups excluding carboxylic acids is 1. The highest BCUT2D eigenvalue weighted by Gasteiger charge is 2.42. The van der Waals surface area contributed by atoms with E-state index in [4.69, 9.17) is 0 Å². The average molecular weight is 228 g/mol. The third-order valence-corrected chi connectivity index (χ3v) is 2.35. The van der Waals surface area contributed by atoms with Gasteiger partial charge in [0.25, 0.3) is 0 Å². The van der Waals surface area contributed by atoms with Crippen LogP contribution in [0.15, 0.2) is 0 Å². The summed E-state index contributed by atoms with van der Waals surface area (Å²) in [6.45, 7) is 0.224. The normalized spacial score (nSPS) is 26.7. The fourth-order valence-corrected chi connectivity index (χ4v) is 1.53. The summed E-state index contributed by atoms with van der Waals surface area (Å²) >= 11 is 0. The van der Waals surface area contributed by atoms with E-state index in [0.717, 1.165) is 7.05 Å². The average Bonchev–Trinajstić information content (AvgIpc) is 2.49. The summed E-state index contributed by atoms with van der Waals surface area (Å²) in [4.78, 5) is 11.2. The minimum atomic E-state index is -4.88. The minimum Gasteiger partial charge on any atom is -0.338 e. The molecule has 0 radical (unpaired) electrons. The maximum absolute atomic E-state index is 13.0. The van der Waals surface area contributed by atoms with Crippen LogP contribution in [0.3, 0.4) is 0 Å². The van der Waals surface area contributed by atoms with Gasteiger partial charge in [0.1, 0.15) is 6.17 Å². The van der Waals surface area contributed by atoms with Crippen molar-refractivity contribution in [2.75, 3.05) is 26.7 Å². The highest BCUT2D eigenvalue weighted by molar-refractivity contribution is 5.81. The van der Waals surface area contributed by atoms with Crippen LogP contribution in [0.25, 0.3) is 0 Å². The maximum Gasteiger partial charge on any atom is 0.471 e. The van der Waals surface area contributed by atoms with Gasteiger partial charge >= 0.3 is 12.1 Å². The van der Waals surface area contributed by atoms with Crippen LogP contribution in [0.2, 0.25) is 0 Å². The lowest BCUT2D eigenvalue weighted by molar-refractivity contribution is -0.184. The van der Waals surface area contributed by atoms with E-state index in [1.165, 1.54) is 0 Å². The molecule has 1 heterocycles. The number of hydrogen-bond acceptors (Lipinski definition) is 2. The molecule has 0 aromatic carbocycles. The van der Waals surface area contributed by atoms with E-state index in [1.807, 2.05) is 0 Å². The predicted octanol–water partition coefficient (Wildman–Crippen LogP) is 0.565. The molecule has 1 N–H and O–H groups in total. The van der Waals surface area contributed by atoms with Gasteiger partial charge in [0.15, 0.2) is 0 Å². The van der Waals surface area contributed by atoms with Gasteiger partial charge in [0.2, 0.25) is 0 Å². The lowest BCUT2D eigenvalue weighted by atomic mass is 10.1. The molecule has 0 spiro atoms. The largest absolute Gasteiger partial charge is 0.471 e. The number of halogens is 4. The van der Waals surface area contributed by atoms with Gasteiger partial charge in [-0.25, -0.2) is 4.39 Å². The first-order valence-corrected chi connectivity index (χ1v) is 4.49. The Morgan fingerprint density at radius 2 is 2.07 bits per heavy atom. The van der Waals surface area contributed by atoms with Crippen molar-refractivity contribution in [2.24, 2.45) is 5.92 Å². The first-order valence-electron chi connectivity index (χ1n) is 4.49. The molecule has 0 unspecified atom stereocenters. The lowest BCUT2D eigenvalue weighted by Gasteiger charge is -2.22. The molecule has 1 aliphatic rings. The summed E-state index contributed by atoms with van der Waals surface area (Å²) in [5.74, 6) is -2.48. The molecular formula is C8H12F4N2O. The predicted molar refractivity (Wildman–Crippen MR) is 44.9 cm³/mol. The topological polar surface area (TPSA) is 32.3 Å². The second-order valence-electron chi connectivity index (χ2n) is 3.62. The van der Waals surface area contributed by atoms with Crippen molar-refractivity contribution in [1.82, 2.24) is 10.2 Å². The van der Waals surface area contributed by atoms with E-state index in [1.54, 1.807) is 0 Å². The molecule has 0 aromatic heterocycles. The summed E-state index contributed by atoms with van der Waals surface area (Å²) in [6.07, 6.45) is -6.07. The molecule has 0 saturated carbocycles. The van der Waals surface area contributed by atoms with Crippen molar-refractivity contribution >= 4 is 5.91 Å². The van der Waals surface area contributed by atoms with Crippen LogP contribution < -0.4 is 5.32 Å². The highest BCUT2D eigenvalue weighted by Crippen LogP contribution is 2.20. The molecular weight excluding hydrogens is 216 g/mol. The van der Waals surface area contributed by atoms with Gasteiger partial charge in [-0.2, -0.15) is 13.2 Å². The summed E-state index contributed by atoms with van der Waals surface area (Å²) in [5, 5.41) is 2.71. The van der Waals surface area contributed by atoms with Gasteiger partial charge in [-0.1, -0.05) is 0 Å². The molecule has 0 aromatic rings. The van der Waals surface area contributed by atoms with Crippen molar-refractivity contribution < 1.29 is 22.4 Å². The van der Waals surface area contributed by atoms with E-state index in [-0.39, 0.29) is 13.1 Å². The SMILES string of the molecule is CN(C[C@@H]1CNC[C@@H]1F)C(=O)C(F)(F)F. The Hall–Kier alpha value is -0.850. The van der Waals surface area contributed by atoms with Gasteiger partial charge in [-0.05, 0) is 0 Å². The van der Waals surface area contributed by atoms with Crippen molar-refractivity contribution in [3.05, 3.63) is 0 Å². The Labute approximate surface area is 84.4 Å². The van der Waals surface area contributed by atoms with Crippen LogP contribution in [0.1, 0.15) is 0 Å². The standard InChI is InChI=1S/C8H12F4N2O/c1-14(7(15)8(10,11)12)4-5-2-13-3-6(5)9/h5-6,13H,2-4H2,1H3/t5-,6-/m0/s1. The molecule has 1 amide bonds. The third kappa shape index (κ3) is 3.05. The molecule has 1 rings (SSSR count). The van der Waals surface area contributed by atoms with Gasteiger partial charge in [0, 0.05) is 32.6 Å². The van der Waals surface area contributed by atoms with Crippen LogP contribution in [-0.2, 0) is 4.79 Å². The molecule has 0 bridgehead atoms. The second kappa shape index (κ2) is 4.34. The van der Waals surface area contributed by atoms with Crippen LogP contribution in [-0.4, -0.2) is 49.8 Å². The van der Waals surface area contributed by atoms with Crippen molar-refractivity contribution in [3.63, 3.8) is 0 Å². The van der Waals surface area contributed by atoms with E-state index in [9.17, 15) is 22.4 Å². The van der Waals surface area contributed by atoms with Crippen LogP contribution in [0.4, 0.5) is 17.6 Å². The van der Waals surface area contributed by atoms with Crippen LogP contribution in [0.5, 0.6) is 0 Å². The zero-order valence-electron chi connectivity index (χ0n) is 8.14. The summed E-state index contributed by atoms with van der Waals surface area (Å²) < 4.78 is 48.9. The summed E-state index contributed by atoms with van der Waals surface area (Å²) in [5.41, 5.74) is 0. The Balaban J connectivity index is 2.48. The number of amides is 1. The quantitative estimate of drug-likeness (QED) is 0.700. The van der Waals surface area contributed by atoms with Crippen LogP contribution in [0, 0.1) is 5.92 Å². The summed E-state index contributed by atoms with van der Waals surface area (Å²) in [6, 6.07) is 0. The van der Waals surface area contributed by atoms with Crippen LogP contribution >= 0.6 is 0 Å². The zero-order chi connectivity index (χ0) is 11.6. The highest BCUT2D eigenvalue weighted by atomic mass is 19.4. The third-order valence-electron chi connectivity index (χ3n) is 2.35. The number of nitrogens with zero attached hydrogens (tertiary/aromatic N) is 1. The molecule has 15 heavy (non-hydrogen) atoms. The van der Waals surface area contributed by atoms with Gasteiger partial charge in [0.05, 0.1) is 0 Å². The molecule has 1 fully saturated rings. The first-order chi connectivity index (χ1) is 6.82. The van der Waals surface area contributed by atoms with Gasteiger partial charge in [-0.3, -0.25) is 4.79 Å². The number of hydrogen-bond donors (Lipinski definition) is 1. The lowest BCUT2D eigenvalue weighted by Crippen LogP contribution is -2.42. The van der Waals surface area contributed by atoms with Crippen molar-refractivity contribution in [1.29, 1.82) is 0 Å². The molecule has 1 aliphatic heterocycles. The number of nitrogens with one attached hydrogen (secondary N) is 1. The molecule has 7 heteroatoms. The van der Waals surface area contributed by atoms with E-state index in [0.29, 0.717) is 11.4 Å². The number of alkyl halides is 4. The number of carbonyl (C=O) groups is 1. The summed E-state index contributed by atoms with van der Waals surface area (Å²) in [7, 11) is 1.03. The van der Waals surface area contributed by atoms with Crippen molar-refractivity contribution in [2.45, 2.75) is 12.3 Å². The Morgan fingerprint density at radius 1 is 1.47 bits per heavy atom. The monoisotopic (exact) mass is 228 g/mol. The molecule has 0 aliphatic carbocycles. The Kier molecular flexibility index (Phi) is 3.54. The van der Waals surface area contributed by atoms with Crippen molar-refractivity contribution in [3.8, 4) is 0 Å². The fourth-order valence-electron chi connectivity index (χ4n) is 1.53. The van der Waals surface area contributed by atoms with E-state index in [2.05, 4.69) is 5.32 Å². The maximum atomic E-state index is 13.0.